The Bertz CT molecular complexity index is 775. The van der Waals surface area contributed by atoms with Crippen LogP contribution in [0.4, 0.5) is 0 Å². The molecule has 1 atom stereocenters. The molecule has 1 aromatic heterocycles. The Kier molecular flexibility index (Phi) is 11.8. The zero-order chi connectivity index (χ0) is 22.4. The van der Waals surface area contributed by atoms with Gasteiger partial charge in [0, 0.05) is 26.5 Å². The van der Waals surface area contributed by atoms with E-state index in [2.05, 4.69) is 28.1 Å². The summed E-state index contributed by atoms with van der Waals surface area (Å²) in [6.45, 7) is 7.00. The fourth-order valence-electron chi connectivity index (χ4n) is 3.00. The van der Waals surface area contributed by atoms with Crippen LogP contribution in [0.3, 0.4) is 0 Å². The second-order valence-corrected chi connectivity index (χ2v) is 6.51. The fraction of sp³-hybridized carbons (Fsp3) is 0.524. The highest BCUT2D eigenvalue weighted by atomic mass is 16.7. The summed E-state index contributed by atoms with van der Waals surface area (Å²) in [7, 11) is 1.00. The first-order chi connectivity index (χ1) is 14.7. The molecule has 0 fully saturated rings. The maximum absolute atomic E-state index is 8.00. The predicted octanol–water partition coefficient (Wildman–Crippen LogP) is 2.66. The van der Waals surface area contributed by atoms with Gasteiger partial charge in [0.2, 0.25) is 12.7 Å². The van der Waals surface area contributed by atoms with E-state index in [1.807, 2.05) is 18.9 Å². The van der Waals surface area contributed by atoms with Crippen LogP contribution in [0.1, 0.15) is 56.3 Å². The van der Waals surface area contributed by atoms with Gasteiger partial charge in [0.15, 0.2) is 17.3 Å². The van der Waals surface area contributed by atoms with Crippen molar-refractivity contribution < 1.29 is 23.9 Å². The van der Waals surface area contributed by atoms with Gasteiger partial charge in [0.25, 0.3) is 0 Å². The van der Waals surface area contributed by atoms with E-state index in [4.69, 9.17) is 29.6 Å². The topological polar surface area (TPSA) is 133 Å². The molecule has 0 bridgehead atoms. The van der Waals surface area contributed by atoms with Crippen molar-refractivity contribution in [3.05, 3.63) is 35.5 Å². The number of carbonyl (C=O) groups is 1. The van der Waals surface area contributed by atoms with Crippen molar-refractivity contribution in [2.24, 2.45) is 10.7 Å². The quantitative estimate of drug-likeness (QED) is 0.359. The molecule has 1 aliphatic rings. The zero-order valence-electron chi connectivity index (χ0n) is 18.0. The van der Waals surface area contributed by atoms with E-state index in [0.717, 1.165) is 63.1 Å². The van der Waals surface area contributed by atoms with Crippen LogP contribution in [0.5, 0.6) is 11.5 Å². The van der Waals surface area contributed by atoms with Crippen LogP contribution >= 0.6 is 0 Å². The number of aryl methyl sites for hydroxylation is 1. The molecule has 9 nitrogen and oxygen atoms in total. The van der Waals surface area contributed by atoms with Gasteiger partial charge >= 0.3 is 0 Å². The first-order valence-corrected chi connectivity index (χ1v) is 9.86. The van der Waals surface area contributed by atoms with E-state index in [1.165, 1.54) is 5.56 Å². The SMILES string of the molecule is C=O.CCC(Cc1nc(CCCCN=C(C)N)no1)c1ccc2c(c1)OCO2.CO. The van der Waals surface area contributed by atoms with Gasteiger partial charge in [-0.25, -0.2) is 0 Å². The van der Waals surface area contributed by atoms with Gasteiger partial charge < -0.3 is 29.6 Å². The standard InChI is InChI=1S/C19H26N4O3.CH4O.CH2O/c1-3-14(15-7-8-16-17(10-15)25-12-24-16)11-19-22-18(23-26-19)6-4-5-9-21-13(2)20;2*1-2/h7-8,10,14H,3-6,9,11-12H2,1-2H3,(H2,20,21);2H,1H3;1H2. The van der Waals surface area contributed by atoms with E-state index in [9.17, 15) is 0 Å². The minimum Gasteiger partial charge on any atom is -0.454 e. The smallest absolute Gasteiger partial charge is 0.231 e. The van der Waals surface area contributed by atoms with Crippen LogP contribution in [0, 0.1) is 0 Å². The van der Waals surface area contributed by atoms with E-state index < -0.39 is 0 Å². The minimum absolute atomic E-state index is 0.290. The number of ether oxygens (including phenoxy) is 2. The molecule has 3 rings (SSSR count). The Labute approximate surface area is 177 Å². The van der Waals surface area contributed by atoms with E-state index in [0.29, 0.717) is 24.4 Å². The molecular formula is C21H32N4O5. The second kappa shape index (κ2) is 14.1. The molecule has 0 spiro atoms. The van der Waals surface area contributed by atoms with Crippen LogP contribution in [0.2, 0.25) is 0 Å². The van der Waals surface area contributed by atoms with E-state index in [1.54, 1.807) is 6.92 Å². The van der Waals surface area contributed by atoms with Gasteiger partial charge in [-0.1, -0.05) is 18.1 Å². The van der Waals surface area contributed by atoms with Gasteiger partial charge in [-0.15, -0.1) is 0 Å². The molecule has 3 N–H and O–H groups in total. The number of nitrogens with two attached hydrogens (primary N) is 1. The number of hydrogen-bond donors (Lipinski definition) is 2. The van der Waals surface area contributed by atoms with Crippen LogP contribution in [-0.4, -0.2) is 48.3 Å². The Morgan fingerprint density at radius 2 is 2.00 bits per heavy atom. The lowest BCUT2D eigenvalue weighted by Crippen LogP contribution is -2.06. The molecule has 0 saturated carbocycles. The Morgan fingerprint density at radius 3 is 2.70 bits per heavy atom. The summed E-state index contributed by atoms with van der Waals surface area (Å²) in [6, 6.07) is 6.09. The third kappa shape index (κ3) is 7.82. The minimum atomic E-state index is 0.290. The van der Waals surface area contributed by atoms with Crippen molar-refractivity contribution in [1.29, 1.82) is 0 Å². The van der Waals surface area contributed by atoms with Crippen LogP contribution in [0.15, 0.2) is 27.7 Å². The summed E-state index contributed by atoms with van der Waals surface area (Å²) in [6.07, 6.45) is 4.43. The highest BCUT2D eigenvalue weighted by Crippen LogP contribution is 2.36. The van der Waals surface area contributed by atoms with Gasteiger partial charge in [-0.05, 0) is 49.8 Å². The molecule has 0 radical (unpaired) electrons. The monoisotopic (exact) mass is 420 g/mol. The summed E-state index contributed by atoms with van der Waals surface area (Å²) in [5.74, 6) is 3.98. The molecule has 2 aromatic rings. The summed E-state index contributed by atoms with van der Waals surface area (Å²) < 4.78 is 16.3. The van der Waals surface area contributed by atoms with Gasteiger partial charge in [-0.2, -0.15) is 4.98 Å². The molecule has 166 valence electrons. The van der Waals surface area contributed by atoms with Gasteiger partial charge in [-0.3, -0.25) is 4.99 Å². The van der Waals surface area contributed by atoms with Crippen molar-refractivity contribution in [1.82, 2.24) is 10.1 Å². The molecule has 0 amide bonds. The lowest BCUT2D eigenvalue weighted by molar-refractivity contribution is -0.0980. The average Bonchev–Trinajstić information content (AvgIpc) is 3.43. The Balaban J connectivity index is 0.00000106. The molecule has 9 heteroatoms. The predicted molar refractivity (Wildman–Crippen MR) is 114 cm³/mol. The number of rotatable bonds is 9. The lowest BCUT2D eigenvalue weighted by Gasteiger charge is -2.13. The van der Waals surface area contributed by atoms with Crippen LogP contribution in [0.25, 0.3) is 0 Å². The van der Waals surface area contributed by atoms with Crippen molar-refractivity contribution in [2.75, 3.05) is 20.4 Å². The number of benzene rings is 1. The fourth-order valence-corrected chi connectivity index (χ4v) is 3.00. The van der Waals surface area contributed by atoms with E-state index in [-0.39, 0.29) is 0 Å². The average molecular weight is 421 g/mol. The number of fused-ring (bicyclic) bond motifs is 1. The van der Waals surface area contributed by atoms with Crippen molar-refractivity contribution in [3.8, 4) is 11.5 Å². The van der Waals surface area contributed by atoms with Crippen molar-refractivity contribution in [3.63, 3.8) is 0 Å². The number of unbranched alkanes of at least 4 members (excludes halogenated alkanes) is 1. The number of hydrogen-bond acceptors (Lipinski definition) is 8. The molecule has 30 heavy (non-hydrogen) atoms. The Morgan fingerprint density at radius 1 is 1.27 bits per heavy atom. The zero-order valence-corrected chi connectivity index (χ0v) is 18.0. The molecule has 1 aromatic carbocycles. The lowest BCUT2D eigenvalue weighted by atomic mass is 9.93. The number of nitrogens with zero attached hydrogens (tertiary/aromatic N) is 3. The summed E-state index contributed by atoms with van der Waals surface area (Å²) in [5.41, 5.74) is 6.72. The van der Waals surface area contributed by atoms with E-state index >= 15 is 0 Å². The summed E-state index contributed by atoms with van der Waals surface area (Å²) in [5, 5.41) is 11.1. The first kappa shape index (κ1) is 25.1. The normalized spacial score (nSPS) is 13.0. The number of aliphatic imine (C=N–C) groups is 1. The van der Waals surface area contributed by atoms with Crippen LogP contribution < -0.4 is 15.2 Å². The maximum Gasteiger partial charge on any atom is 0.231 e. The third-order valence-electron chi connectivity index (χ3n) is 4.46. The number of aromatic nitrogens is 2. The first-order valence-electron chi connectivity index (χ1n) is 9.86. The highest BCUT2D eigenvalue weighted by Gasteiger charge is 2.19. The number of amidine groups is 1. The molecule has 1 aliphatic heterocycles. The van der Waals surface area contributed by atoms with Crippen LogP contribution in [-0.2, 0) is 17.6 Å². The molecule has 0 aliphatic carbocycles. The number of carbonyl (C=O) groups excluding carboxylic acids is 1. The maximum atomic E-state index is 8.00. The third-order valence-corrected chi connectivity index (χ3v) is 4.46. The highest BCUT2D eigenvalue weighted by molar-refractivity contribution is 5.77. The molecule has 2 heterocycles. The van der Waals surface area contributed by atoms with Crippen molar-refractivity contribution >= 4 is 12.6 Å². The largest absolute Gasteiger partial charge is 0.454 e. The summed E-state index contributed by atoms with van der Waals surface area (Å²) in [4.78, 5) is 16.7. The molecule has 0 saturated heterocycles. The van der Waals surface area contributed by atoms with Crippen molar-refractivity contribution in [2.45, 2.75) is 51.9 Å². The molecular weight excluding hydrogens is 388 g/mol. The molecule has 1 unspecified atom stereocenters. The Hall–Kier alpha value is -2.94. The van der Waals surface area contributed by atoms with Gasteiger partial charge in [0.1, 0.15) is 6.79 Å². The number of aliphatic hydroxyl groups excluding tert-OH is 1. The van der Waals surface area contributed by atoms with Gasteiger partial charge in [0.05, 0.1) is 5.84 Å². The number of aliphatic hydroxyl groups is 1. The summed E-state index contributed by atoms with van der Waals surface area (Å²) >= 11 is 0. The second-order valence-electron chi connectivity index (χ2n) is 6.51.